The molecule has 8 heteroatoms. The minimum Gasteiger partial charge on any atom is -0.478 e. The monoisotopic (exact) mass is 377 g/mol. The number of halogens is 1. The third-order valence-electron chi connectivity index (χ3n) is 3.08. The largest absolute Gasteiger partial charge is 0.478 e. The molecule has 0 saturated heterocycles. The van der Waals surface area contributed by atoms with E-state index in [4.69, 9.17) is 5.26 Å². The highest BCUT2D eigenvalue weighted by atomic mass is 35.5. The molecule has 0 fully saturated rings. The van der Waals surface area contributed by atoms with Gasteiger partial charge >= 0.3 is 5.97 Å². The van der Waals surface area contributed by atoms with Gasteiger partial charge in [0.25, 0.3) is 5.91 Å². The number of amides is 1. The van der Waals surface area contributed by atoms with Crippen LogP contribution < -0.4 is 5.32 Å². The Morgan fingerprint density at radius 3 is 2.64 bits per heavy atom. The number of hydrogen-bond acceptors (Lipinski definition) is 5. The maximum Gasteiger partial charge on any atom is 0.337 e. The summed E-state index contributed by atoms with van der Waals surface area (Å²) >= 11 is 1.60. The smallest absolute Gasteiger partial charge is 0.337 e. The molecular formula is C17H16ClN3O3S. The Balaban J connectivity index is 0.00000312. The van der Waals surface area contributed by atoms with Crippen molar-refractivity contribution in [1.29, 1.82) is 5.26 Å². The minimum absolute atomic E-state index is 0. The molecule has 1 aromatic carbocycles. The van der Waals surface area contributed by atoms with Gasteiger partial charge in [0.15, 0.2) is 0 Å². The number of anilines is 1. The van der Waals surface area contributed by atoms with E-state index in [2.05, 4.69) is 17.2 Å². The summed E-state index contributed by atoms with van der Waals surface area (Å²) in [5.41, 5.74) is 0.544. The molecule has 2 N–H and O–H groups in total. The number of aromatic carboxylic acids is 1. The highest BCUT2D eigenvalue weighted by Gasteiger charge is 2.15. The van der Waals surface area contributed by atoms with E-state index >= 15 is 0 Å². The molecule has 0 radical (unpaired) electrons. The van der Waals surface area contributed by atoms with E-state index in [0.29, 0.717) is 5.56 Å². The Morgan fingerprint density at radius 2 is 2.08 bits per heavy atom. The molecule has 6 nitrogen and oxygen atoms in total. The average molecular weight is 378 g/mol. The lowest BCUT2D eigenvalue weighted by molar-refractivity contribution is 0.0698. The maximum atomic E-state index is 12.3. The number of hydrogen-bond donors (Lipinski definition) is 2. The molecule has 0 unspecified atom stereocenters. The molecule has 0 aliphatic heterocycles. The van der Waals surface area contributed by atoms with E-state index in [0.717, 1.165) is 17.2 Å². The number of nitrogens with one attached hydrogen (secondary N) is 1. The van der Waals surface area contributed by atoms with Crippen LogP contribution in [0.5, 0.6) is 0 Å². The van der Waals surface area contributed by atoms with Crippen LogP contribution in [0.2, 0.25) is 0 Å². The summed E-state index contributed by atoms with van der Waals surface area (Å²) in [7, 11) is 0. The molecule has 0 saturated carbocycles. The van der Waals surface area contributed by atoms with Crippen molar-refractivity contribution in [3.63, 3.8) is 0 Å². The highest BCUT2D eigenvalue weighted by Crippen LogP contribution is 2.20. The Kier molecular flexibility index (Phi) is 7.92. The molecule has 1 heterocycles. The van der Waals surface area contributed by atoms with Crippen molar-refractivity contribution < 1.29 is 14.7 Å². The van der Waals surface area contributed by atoms with Crippen LogP contribution in [0.1, 0.15) is 39.6 Å². The molecule has 2 aromatic rings. The average Bonchev–Trinajstić information content (AvgIpc) is 2.60. The number of rotatable bonds is 6. The zero-order chi connectivity index (χ0) is 17.5. The van der Waals surface area contributed by atoms with Crippen LogP contribution in [0, 0.1) is 11.3 Å². The van der Waals surface area contributed by atoms with E-state index < -0.39 is 11.9 Å². The second kappa shape index (κ2) is 9.67. The van der Waals surface area contributed by atoms with Gasteiger partial charge in [-0.1, -0.05) is 6.92 Å². The van der Waals surface area contributed by atoms with Crippen molar-refractivity contribution in [1.82, 2.24) is 4.98 Å². The number of thioether (sulfide) groups is 1. The quantitative estimate of drug-likeness (QED) is 0.741. The van der Waals surface area contributed by atoms with Gasteiger partial charge in [-0.05, 0) is 42.5 Å². The molecule has 1 aromatic heterocycles. The van der Waals surface area contributed by atoms with Crippen molar-refractivity contribution >= 4 is 41.7 Å². The van der Waals surface area contributed by atoms with Crippen LogP contribution in [0.25, 0.3) is 0 Å². The predicted octanol–water partition coefficient (Wildman–Crippen LogP) is 3.83. The molecule has 25 heavy (non-hydrogen) atoms. The van der Waals surface area contributed by atoms with Crippen LogP contribution in [0.4, 0.5) is 5.69 Å². The topological polar surface area (TPSA) is 103 Å². The van der Waals surface area contributed by atoms with E-state index in [-0.39, 0.29) is 29.2 Å². The molecule has 130 valence electrons. The van der Waals surface area contributed by atoms with Gasteiger partial charge in [-0.3, -0.25) is 4.79 Å². The molecule has 2 rings (SSSR count). The highest BCUT2D eigenvalue weighted by molar-refractivity contribution is 7.99. The Morgan fingerprint density at radius 1 is 1.32 bits per heavy atom. The lowest BCUT2D eigenvalue weighted by Crippen LogP contribution is -2.15. The third kappa shape index (κ3) is 5.48. The molecule has 0 aliphatic rings. The van der Waals surface area contributed by atoms with Gasteiger partial charge < -0.3 is 10.4 Å². The van der Waals surface area contributed by atoms with E-state index in [9.17, 15) is 14.7 Å². The number of pyridine rings is 1. The van der Waals surface area contributed by atoms with E-state index in [1.54, 1.807) is 23.9 Å². The van der Waals surface area contributed by atoms with Crippen molar-refractivity contribution in [3.05, 3.63) is 53.2 Å². The molecule has 0 atom stereocenters. The zero-order valence-electron chi connectivity index (χ0n) is 13.4. The van der Waals surface area contributed by atoms with Crippen LogP contribution in [0.15, 0.2) is 41.6 Å². The van der Waals surface area contributed by atoms with Crippen molar-refractivity contribution in [3.8, 4) is 6.07 Å². The number of nitrogens with zero attached hydrogens (tertiary/aromatic N) is 2. The van der Waals surface area contributed by atoms with Crippen molar-refractivity contribution in [2.45, 2.75) is 18.4 Å². The summed E-state index contributed by atoms with van der Waals surface area (Å²) in [5.74, 6) is -0.722. The van der Waals surface area contributed by atoms with Crippen LogP contribution in [-0.2, 0) is 0 Å². The van der Waals surface area contributed by atoms with Gasteiger partial charge in [-0.2, -0.15) is 5.26 Å². The fourth-order valence-corrected chi connectivity index (χ4v) is 2.61. The van der Waals surface area contributed by atoms with Gasteiger partial charge in [-0.25, -0.2) is 9.78 Å². The summed E-state index contributed by atoms with van der Waals surface area (Å²) in [6.45, 7) is 2.08. The van der Waals surface area contributed by atoms with Crippen LogP contribution in [0.3, 0.4) is 0 Å². The number of nitriles is 1. The summed E-state index contributed by atoms with van der Waals surface area (Å²) < 4.78 is 0. The molecule has 0 aliphatic carbocycles. The predicted molar refractivity (Wildman–Crippen MR) is 98.6 cm³/mol. The van der Waals surface area contributed by atoms with Crippen molar-refractivity contribution in [2.24, 2.45) is 0 Å². The van der Waals surface area contributed by atoms with Gasteiger partial charge in [0.1, 0.15) is 0 Å². The third-order valence-corrected chi connectivity index (χ3v) is 4.23. The fraction of sp³-hybridized carbons (Fsp3) is 0.176. The summed E-state index contributed by atoms with van der Waals surface area (Å²) in [6.07, 6.45) is 2.49. The first kappa shape index (κ1) is 20.5. The van der Waals surface area contributed by atoms with Gasteiger partial charge in [-0.15, -0.1) is 24.2 Å². The molecule has 0 spiro atoms. The minimum atomic E-state index is -1.22. The Labute approximate surface area is 155 Å². The summed E-state index contributed by atoms with van der Waals surface area (Å²) in [5, 5.41) is 21.4. The number of aromatic nitrogens is 1. The lowest BCUT2D eigenvalue weighted by Gasteiger charge is -2.09. The number of carbonyl (C=O) groups excluding carboxylic acids is 1. The van der Waals surface area contributed by atoms with Gasteiger partial charge in [0.2, 0.25) is 0 Å². The summed E-state index contributed by atoms with van der Waals surface area (Å²) in [6, 6.07) is 9.34. The Bertz CT molecular complexity index is 804. The Hall–Kier alpha value is -2.56. The first-order chi connectivity index (χ1) is 11.5. The zero-order valence-corrected chi connectivity index (χ0v) is 15.0. The second-order valence-electron chi connectivity index (χ2n) is 4.87. The van der Waals surface area contributed by atoms with E-state index in [1.165, 1.54) is 24.4 Å². The lowest BCUT2D eigenvalue weighted by atomic mass is 10.1. The molecule has 1 amide bonds. The molecule has 0 bridgehead atoms. The first-order valence-corrected chi connectivity index (χ1v) is 8.21. The second-order valence-corrected chi connectivity index (χ2v) is 5.98. The normalized spacial score (nSPS) is 9.60. The summed E-state index contributed by atoms with van der Waals surface area (Å²) in [4.78, 5) is 27.7. The number of benzene rings is 1. The van der Waals surface area contributed by atoms with Crippen molar-refractivity contribution in [2.75, 3.05) is 11.1 Å². The van der Waals surface area contributed by atoms with Gasteiger partial charge in [0, 0.05) is 6.20 Å². The number of carbonyl (C=O) groups is 2. The van der Waals surface area contributed by atoms with Gasteiger partial charge in [0.05, 0.1) is 33.5 Å². The van der Waals surface area contributed by atoms with Crippen LogP contribution >= 0.6 is 24.2 Å². The number of carboxylic acids is 1. The first-order valence-electron chi connectivity index (χ1n) is 7.22. The van der Waals surface area contributed by atoms with Crippen LogP contribution in [-0.4, -0.2) is 27.7 Å². The SMILES string of the molecule is CCCSc1ccc(C(=O)Nc2ccc(C#N)cc2C(=O)O)cn1.Cl. The molecular weight excluding hydrogens is 362 g/mol. The fourth-order valence-electron chi connectivity index (χ4n) is 1.90. The number of carboxylic acid groups (broad SMARTS) is 1. The van der Waals surface area contributed by atoms with E-state index in [1.807, 2.05) is 6.07 Å². The maximum absolute atomic E-state index is 12.3. The standard InChI is InChI=1S/C17H15N3O3S.ClH/c1-2-7-24-15-6-4-12(10-19-15)16(21)20-14-5-3-11(9-18)8-13(14)17(22)23;/h3-6,8,10H,2,7H2,1H3,(H,20,21)(H,22,23);1H.